The van der Waals surface area contributed by atoms with Crippen LogP contribution in [0.1, 0.15) is 29.5 Å². The van der Waals surface area contributed by atoms with E-state index in [4.69, 9.17) is 0 Å². The van der Waals surface area contributed by atoms with E-state index in [1.165, 1.54) is 15.5 Å². The van der Waals surface area contributed by atoms with Crippen molar-refractivity contribution in [2.75, 3.05) is 13.6 Å². The molecule has 0 bridgehead atoms. The van der Waals surface area contributed by atoms with Crippen LogP contribution in [0.5, 0.6) is 0 Å². The summed E-state index contributed by atoms with van der Waals surface area (Å²) >= 11 is 3.68. The molecule has 2 rings (SSSR count). The molecule has 0 N–H and O–H groups in total. The molecule has 0 radical (unpaired) electrons. The van der Waals surface area contributed by atoms with Gasteiger partial charge >= 0.3 is 0 Å². The lowest BCUT2D eigenvalue weighted by molar-refractivity contribution is 0.419. The lowest BCUT2D eigenvalue weighted by Crippen LogP contribution is -2.22. The van der Waals surface area contributed by atoms with Gasteiger partial charge in [-0.25, -0.2) is 0 Å². The number of halogens is 1. The zero-order valence-electron chi connectivity index (χ0n) is 11.5. The van der Waals surface area contributed by atoms with Crippen LogP contribution in [0.15, 0.2) is 46.8 Å². The van der Waals surface area contributed by atoms with Crippen molar-refractivity contribution in [3.05, 3.63) is 56.6 Å². The highest BCUT2D eigenvalue weighted by Gasteiger charge is 2.22. The summed E-state index contributed by atoms with van der Waals surface area (Å²) in [4.78, 5) is 5.18. The van der Waals surface area contributed by atoms with Crippen LogP contribution in [-0.2, 0) is 0 Å². The number of hydrogen-bond acceptors (Lipinski definition) is 3. The van der Waals surface area contributed by atoms with Gasteiger partial charge in [-0.3, -0.25) is 0 Å². The van der Waals surface area contributed by atoms with Crippen LogP contribution in [0.2, 0.25) is 0 Å². The van der Waals surface area contributed by atoms with Crippen molar-refractivity contribution in [1.82, 2.24) is 4.90 Å². The van der Waals surface area contributed by atoms with E-state index >= 15 is 0 Å². The summed E-state index contributed by atoms with van der Waals surface area (Å²) in [7, 11) is 2.17. The fraction of sp³-hybridized carbons (Fsp3) is 0.333. The van der Waals surface area contributed by atoms with Gasteiger partial charge in [0, 0.05) is 29.0 Å². The van der Waals surface area contributed by atoms with E-state index in [0.717, 1.165) is 6.54 Å². The second-order valence-electron chi connectivity index (χ2n) is 4.19. The van der Waals surface area contributed by atoms with Crippen LogP contribution < -0.4 is 0 Å². The molecule has 2 heterocycles. The topological polar surface area (TPSA) is 3.24 Å². The molecule has 104 valence electrons. The molecule has 0 saturated carbocycles. The molecule has 4 heteroatoms. The third-order valence-corrected chi connectivity index (χ3v) is 5.04. The number of thiophene rings is 2. The van der Waals surface area contributed by atoms with Gasteiger partial charge in [-0.1, -0.05) is 18.2 Å². The van der Waals surface area contributed by atoms with Crippen LogP contribution >= 0.6 is 35.1 Å². The molecule has 2 aromatic rings. The minimum Gasteiger partial charge on any atom is -0.378 e. The first-order chi connectivity index (χ1) is 8.77. The molecule has 0 aromatic carbocycles. The SMILES string of the molecule is C/C=C(\C(c1cccs1)c1cccs1)N(C)CC.Cl. The Labute approximate surface area is 130 Å². The zero-order valence-corrected chi connectivity index (χ0v) is 13.9. The fourth-order valence-electron chi connectivity index (χ4n) is 2.13. The smallest absolute Gasteiger partial charge is 0.0673 e. The Morgan fingerprint density at radius 1 is 1.21 bits per heavy atom. The van der Waals surface area contributed by atoms with E-state index in [9.17, 15) is 0 Å². The molecular weight excluding hydrogens is 294 g/mol. The van der Waals surface area contributed by atoms with E-state index in [1.54, 1.807) is 0 Å². The average Bonchev–Trinajstić information content (AvgIpc) is 3.07. The highest BCUT2D eigenvalue weighted by molar-refractivity contribution is 7.11. The third kappa shape index (κ3) is 3.62. The standard InChI is InChI=1S/C15H19NS2.ClH/c1-4-12(16(3)5-2)15(13-8-6-10-17-13)14-9-7-11-18-14;/h4,6-11,15H,5H2,1-3H3;1H/b12-4+;. The van der Waals surface area contributed by atoms with Gasteiger partial charge in [0.2, 0.25) is 0 Å². The zero-order chi connectivity index (χ0) is 13.0. The maximum Gasteiger partial charge on any atom is 0.0673 e. The summed E-state index contributed by atoms with van der Waals surface area (Å²) in [5, 5.41) is 4.32. The molecule has 0 aliphatic rings. The fourth-order valence-corrected chi connectivity index (χ4v) is 3.92. The highest BCUT2D eigenvalue weighted by Crippen LogP contribution is 2.37. The molecule has 1 nitrogen and oxygen atoms in total. The number of nitrogens with zero attached hydrogens (tertiary/aromatic N) is 1. The van der Waals surface area contributed by atoms with Crippen molar-refractivity contribution in [1.29, 1.82) is 0 Å². The Morgan fingerprint density at radius 2 is 1.74 bits per heavy atom. The lowest BCUT2D eigenvalue weighted by atomic mass is 10.00. The molecule has 0 fully saturated rings. The van der Waals surface area contributed by atoms with Crippen molar-refractivity contribution in [2.45, 2.75) is 19.8 Å². The van der Waals surface area contributed by atoms with E-state index < -0.39 is 0 Å². The first-order valence-corrected chi connectivity index (χ1v) is 7.98. The van der Waals surface area contributed by atoms with Gasteiger partial charge in [0.1, 0.15) is 0 Å². The van der Waals surface area contributed by atoms with Gasteiger partial charge in [-0.05, 0) is 36.7 Å². The predicted octanol–water partition coefficient (Wildman–Crippen LogP) is 5.22. The minimum absolute atomic E-state index is 0. The van der Waals surface area contributed by atoms with Crippen molar-refractivity contribution in [3.63, 3.8) is 0 Å². The number of likely N-dealkylation sites (N-methyl/N-ethyl adjacent to an activating group) is 1. The first kappa shape index (κ1) is 16.3. The van der Waals surface area contributed by atoms with Crippen molar-refractivity contribution < 1.29 is 0 Å². The summed E-state index contributed by atoms with van der Waals surface area (Å²) in [6.07, 6.45) is 2.24. The predicted molar refractivity (Wildman–Crippen MR) is 89.8 cm³/mol. The van der Waals surface area contributed by atoms with Crippen molar-refractivity contribution in [2.24, 2.45) is 0 Å². The molecule has 0 unspecified atom stereocenters. The normalized spacial score (nSPS) is 11.5. The summed E-state index contributed by atoms with van der Waals surface area (Å²) in [6.45, 7) is 5.37. The van der Waals surface area contributed by atoms with Gasteiger partial charge < -0.3 is 4.90 Å². The molecule has 0 aliphatic carbocycles. The maximum absolute atomic E-state index is 2.34. The molecule has 0 atom stereocenters. The quantitative estimate of drug-likeness (QED) is 0.731. The monoisotopic (exact) mass is 313 g/mol. The van der Waals surface area contributed by atoms with Crippen molar-refractivity contribution in [3.8, 4) is 0 Å². The van der Waals surface area contributed by atoms with Crippen LogP contribution in [0.25, 0.3) is 0 Å². The van der Waals surface area contributed by atoms with Crippen LogP contribution in [0.4, 0.5) is 0 Å². The molecule has 19 heavy (non-hydrogen) atoms. The minimum atomic E-state index is 0. The van der Waals surface area contributed by atoms with Crippen LogP contribution in [-0.4, -0.2) is 18.5 Å². The Bertz CT molecular complexity index is 454. The van der Waals surface area contributed by atoms with E-state index in [1.807, 2.05) is 22.7 Å². The second kappa shape index (κ2) is 7.73. The lowest BCUT2D eigenvalue weighted by Gasteiger charge is -2.27. The third-order valence-electron chi connectivity index (χ3n) is 3.16. The number of hydrogen-bond donors (Lipinski definition) is 0. The maximum atomic E-state index is 2.34. The highest BCUT2D eigenvalue weighted by atomic mass is 35.5. The molecular formula is C15H20ClNS2. The van der Waals surface area contributed by atoms with Gasteiger partial charge in [0.15, 0.2) is 0 Å². The summed E-state index contributed by atoms with van der Waals surface area (Å²) < 4.78 is 0. The van der Waals surface area contributed by atoms with Crippen LogP contribution in [0.3, 0.4) is 0 Å². The molecule has 2 aromatic heterocycles. The first-order valence-electron chi connectivity index (χ1n) is 6.22. The Kier molecular flexibility index (Phi) is 6.63. The van der Waals surface area contributed by atoms with Gasteiger partial charge in [0.25, 0.3) is 0 Å². The molecule has 0 spiro atoms. The van der Waals surface area contributed by atoms with Crippen molar-refractivity contribution >= 4 is 35.1 Å². The van der Waals surface area contributed by atoms with Gasteiger partial charge in [-0.2, -0.15) is 0 Å². The Morgan fingerprint density at radius 3 is 2.05 bits per heavy atom. The molecule has 0 amide bonds. The Balaban J connectivity index is 0.00000180. The number of allylic oxidation sites excluding steroid dienone is 2. The van der Waals surface area contributed by atoms with Crippen LogP contribution in [0, 0.1) is 0 Å². The van der Waals surface area contributed by atoms with Gasteiger partial charge in [-0.15, -0.1) is 35.1 Å². The average molecular weight is 314 g/mol. The van der Waals surface area contributed by atoms with E-state index in [-0.39, 0.29) is 12.4 Å². The molecule has 0 saturated heterocycles. The summed E-state index contributed by atoms with van der Waals surface area (Å²) in [5.41, 5.74) is 1.39. The Hall–Kier alpha value is -0.770. The van der Waals surface area contributed by atoms with Gasteiger partial charge in [0.05, 0.1) is 5.92 Å². The van der Waals surface area contributed by atoms with E-state index in [0.29, 0.717) is 5.92 Å². The van der Waals surface area contributed by atoms with E-state index in [2.05, 4.69) is 66.9 Å². The second-order valence-corrected chi connectivity index (χ2v) is 6.15. The summed E-state index contributed by atoms with van der Waals surface area (Å²) in [5.74, 6) is 0.389. The largest absolute Gasteiger partial charge is 0.378 e. The summed E-state index contributed by atoms with van der Waals surface area (Å²) in [6, 6.07) is 8.75. The molecule has 0 aliphatic heterocycles. The number of rotatable bonds is 5.